The first kappa shape index (κ1) is 20.0. The summed E-state index contributed by atoms with van der Waals surface area (Å²) in [6, 6.07) is 7.11. The summed E-state index contributed by atoms with van der Waals surface area (Å²) >= 11 is 6.27. The van der Waals surface area contributed by atoms with Crippen LogP contribution in [0.1, 0.15) is 30.0 Å². The van der Waals surface area contributed by atoms with Crippen molar-refractivity contribution in [3.63, 3.8) is 0 Å². The van der Waals surface area contributed by atoms with Gasteiger partial charge in [0.05, 0.1) is 10.7 Å². The molecule has 0 saturated carbocycles. The molecule has 1 aromatic heterocycles. The van der Waals surface area contributed by atoms with Crippen molar-refractivity contribution in [1.29, 1.82) is 0 Å². The average Bonchev–Trinajstić information content (AvgIpc) is 3.08. The van der Waals surface area contributed by atoms with E-state index >= 15 is 0 Å². The fraction of sp³-hybridized carbons (Fsp3) is 0.217. The number of rotatable bonds is 3. The van der Waals surface area contributed by atoms with Gasteiger partial charge in [0.15, 0.2) is 0 Å². The molecule has 6 nitrogen and oxygen atoms in total. The maximum atomic E-state index is 13.0. The number of hydrogen-bond donors (Lipinski definition) is 1. The third-order valence-electron chi connectivity index (χ3n) is 5.13. The zero-order chi connectivity index (χ0) is 21.4. The molecule has 0 bridgehead atoms. The first-order valence-electron chi connectivity index (χ1n) is 9.61. The SMILES string of the molecule is Cc1onc(-c2ccccc2Cl)c1C(=O)N=C1C=CC2C(=C1)NC(=O)C=C2C(C)C. The van der Waals surface area contributed by atoms with Crippen LogP contribution in [0.3, 0.4) is 0 Å². The largest absolute Gasteiger partial charge is 0.360 e. The molecule has 2 aromatic rings. The highest BCUT2D eigenvalue weighted by Crippen LogP contribution is 2.33. The van der Waals surface area contributed by atoms with Crippen molar-refractivity contribution in [1.82, 2.24) is 10.5 Å². The lowest BCUT2D eigenvalue weighted by molar-refractivity contribution is -0.116. The third-order valence-corrected chi connectivity index (χ3v) is 5.45. The van der Waals surface area contributed by atoms with E-state index in [2.05, 4.69) is 15.5 Å². The Morgan fingerprint density at radius 3 is 2.77 bits per heavy atom. The zero-order valence-electron chi connectivity index (χ0n) is 16.8. The molecule has 0 saturated heterocycles. The molecular weight excluding hydrogens is 402 g/mol. The smallest absolute Gasteiger partial charge is 0.283 e. The molecule has 1 N–H and O–H groups in total. The Hall–Kier alpha value is -3.25. The molecule has 2 heterocycles. The van der Waals surface area contributed by atoms with Gasteiger partial charge >= 0.3 is 0 Å². The van der Waals surface area contributed by atoms with Gasteiger partial charge in [-0.15, -0.1) is 0 Å². The number of aliphatic imine (C=N–C) groups is 1. The number of halogens is 1. The molecule has 1 aromatic carbocycles. The number of nitrogens with zero attached hydrogens (tertiary/aromatic N) is 2. The third kappa shape index (κ3) is 3.66. The number of hydrogen-bond acceptors (Lipinski definition) is 4. The van der Waals surface area contributed by atoms with E-state index in [4.69, 9.17) is 16.1 Å². The van der Waals surface area contributed by atoms with Crippen molar-refractivity contribution in [2.75, 3.05) is 0 Å². The van der Waals surface area contributed by atoms with Crippen molar-refractivity contribution < 1.29 is 14.1 Å². The first-order chi connectivity index (χ1) is 14.3. The van der Waals surface area contributed by atoms with Gasteiger partial charge in [0.1, 0.15) is 17.0 Å². The molecule has 1 unspecified atom stereocenters. The maximum absolute atomic E-state index is 13.0. The van der Waals surface area contributed by atoms with E-state index in [9.17, 15) is 9.59 Å². The van der Waals surface area contributed by atoms with Gasteiger partial charge in [0, 0.05) is 23.3 Å². The van der Waals surface area contributed by atoms with E-state index in [1.165, 1.54) is 0 Å². The van der Waals surface area contributed by atoms with Gasteiger partial charge in [-0.3, -0.25) is 9.59 Å². The van der Waals surface area contributed by atoms with Crippen LogP contribution in [0.5, 0.6) is 0 Å². The number of aryl methyl sites for hydroxylation is 1. The van der Waals surface area contributed by atoms with Gasteiger partial charge in [-0.05, 0) is 36.6 Å². The van der Waals surface area contributed by atoms with Gasteiger partial charge in [-0.2, -0.15) is 0 Å². The highest BCUT2D eigenvalue weighted by Gasteiger charge is 2.28. The normalized spacial score (nSPS) is 19.4. The molecule has 30 heavy (non-hydrogen) atoms. The number of amides is 2. The zero-order valence-corrected chi connectivity index (χ0v) is 17.5. The summed E-state index contributed by atoms with van der Waals surface area (Å²) in [5.41, 5.74) is 3.41. The Bertz CT molecular complexity index is 1170. The van der Waals surface area contributed by atoms with Crippen LogP contribution in [0.15, 0.2) is 69.4 Å². The van der Waals surface area contributed by atoms with Crippen LogP contribution in [0.2, 0.25) is 5.02 Å². The van der Waals surface area contributed by atoms with E-state index in [1.807, 2.05) is 26.0 Å². The van der Waals surface area contributed by atoms with Crippen molar-refractivity contribution >= 4 is 29.1 Å². The topological polar surface area (TPSA) is 84.6 Å². The second-order valence-electron chi connectivity index (χ2n) is 7.51. The summed E-state index contributed by atoms with van der Waals surface area (Å²) in [6.45, 7) is 5.76. The number of carbonyl (C=O) groups excluding carboxylic acids is 2. The number of aromatic nitrogens is 1. The highest BCUT2D eigenvalue weighted by atomic mass is 35.5. The molecule has 2 amide bonds. The van der Waals surface area contributed by atoms with Gasteiger partial charge in [-0.1, -0.05) is 54.9 Å². The summed E-state index contributed by atoms with van der Waals surface area (Å²) < 4.78 is 5.26. The average molecular weight is 422 g/mol. The summed E-state index contributed by atoms with van der Waals surface area (Å²) in [6.07, 6.45) is 7.11. The van der Waals surface area contributed by atoms with Crippen LogP contribution in [0.4, 0.5) is 0 Å². The van der Waals surface area contributed by atoms with Gasteiger partial charge < -0.3 is 9.84 Å². The lowest BCUT2D eigenvalue weighted by Gasteiger charge is -2.29. The highest BCUT2D eigenvalue weighted by molar-refractivity contribution is 6.33. The van der Waals surface area contributed by atoms with Crippen molar-refractivity contribution in [3.8, 4) is 11.3 Å². The van der Waals surface area contributed by atoms with E-state index in [0.29, 0.717) is 33.4 Å². The molecule has 152 valence electrons. The van der Waals surface area contributed by atoms with Crippen LogP contribution in [-0.4, -0.2) is 22.7 Å². The summed E-state index contributed by atoms with van der Waals surface area (Å²) in [4.78, 5) is 29.3. The molecule has 0 radical (unpaired) electrons. The standard InChI is InChI=1S/C23H20ClN3O3/c1-12(2)17-11-20(28)26-19-10-14(8-9-15(17)19)25-23(29)21-13(3)30-27-22(21)16-6-4-5-7-18(16)24/h4-12,15H,1-3H3,(H,26,28). The Labute approximate surface area is 179 Å². The molecule has 2 aliphatic rings. The maximum Gasteiger partial charge on any atom is 0.283 e. The van der Waals surface area contributed by atoms with E-state index in [-0.39, 0.29) is 23.3 Å². The molecule has 7 heteroatoms. The number of fused-ring (bicyclic) bond motifs is 1. The minimum atomic E-state index is -0.486. The first-order valence-corrected chi connectivity index (χ1v) is 9.99. The minimum Gasteiger partial charge on any atom is -0.360 e. The van der Waals surface area contributed by atoms with Gasteiger partial charge in [0.25, 0.3) is 5.91 Å². The molecule has 4 rings (SSSR count). The monoisotopic (exact) mass is 421 g/mol. The molecule has 0 fully saturated rings. The second-order valence-corrected chi connectivity index (χ2v) is 7.92. The van der Waals surface area contributed by atoms with E-state index in [0.717, 1.165) is 5.57 Å². The fourth-order valence-electron chi connectivity index (χ4n) is 3.65. The van der Waals surface area contributed by atoms with E-state index < -0.39 is 5.91 Å². The Morgan fingerprint density at radius 2 is 2.03 bits per heavy atom. The second kappa shape index (κ2) is 7.88. The van der Waals surface area contributed by atoms with Crippen LogP contribution >= 0.6 is 11.6 Å². The van der Waals surface area contributed by atoms with Crippen LogP contribution in [-0.2, 0) is 4.79 Å². The number of allylic oxidation sites excluding steroid dienone is 3. The predicted molar refractivity (Wildman–Crippen MR) is 115 cm³/mol. The van der Waals surface area contributed by atoms with Crippen LogP contribution < -0.4 is 5.32 Å². The predicted octanol–water partition coefficient (Wildman–Crippen LogP) is 4.67. The molecular formula is C23H20ClN3O3. The fourth-order valence-corrected chi connectivity index (χ4v) is 3.87. The lowest BCUT2D eigenvalue weighted by atomic mass is 9.82. The number of carbonyl (C=O) groups is 2. The van der Waals surface area contributed by atoms with E-state index in [1.54, 1.807) is 43.4 Å². The Balaban J connectivity index is 1.69. The van der Waals surface area contributed by atoms with Crippen molar-refractivity contribution in [2.45, 2.75) is 20.8 Å². The molecule has 1 aliphatic carbocycles. The van der Waals surface area contributed by atoms with Gasteiger partial charge in [-0.25, -0.2) is 4.99 Å². The summed E-state index contributed by atoms with van der Waals surface area (Å²) in [7, 11) is 0. The summed E-state index contributed by atoms with van der Waals surface area (Å²) in [5.74, 6) is -0.0844. The van der Waals surface area contributed by atoms with Crippen molar-refractivity contribution in [3.05, 3.63) is 76.2 Å². The summed E-state index contributed by atoms with van der Waals surface area (Å²) in [5, 5.41) is 7.34. The van der Waals surface area contributed by atoms with Crippen molar-refractivity contribution in [2.24, 2.45) is 16.8 Å². The van der Waals surface area contributed by atoms with Crippen LogP contribution in [0, 0.1) is 18.8 Å². The molecule has 1 atom stereocenters. The lowest BCUT2D eigenvalue weighted by Crippen LogP contribution is -2.34. The number of benzene rings is 1. The Morgan fingerprint density at radius 1 is 1.27 bits per heavy atom. The minimum absolute atomic E-state index is 0.0206. The quantitative estimate of drug-likeness (QED) is 0.780. The van der Waals surface area contributed by atoms with Gasteiger partial charge in [0.2, 0.25) is 5.91 Å². The van der Waals surface area contributed by atoms with Crippen LogP contribution in [0.25, 0.3) is 11.3 Å². The molecule has 1 aliphatic heterocycles. The molecule has 0 spiro atoms. The Kier molecular flexibility index (Phi) is 5.26. The number of nitrogens with one attached hydrogen (secondary N) is 1.